The van der Waals surface area contributed by atoms with Gasteiger partial charge in [-0.1, -0.05) is 6.07 Å². The third kappa shape index (κ3) is 4.29. The molecule has 0 aliphatic rings. The second-order valence-electron chi connectivity index (χ2n) is 3.95. The summed E-state index contributed by atoms with van der Waals surface area (Å²) in [6.45, 7) is 0. The first-order valence-electron chi connectivity index (χ1n) is 5.64. The molecule has 1 aromatic rings. The number of hydrogen-bond acceptors (Lipinski definition) is 5. The summed E-state index contributed by atoms with van der Waals surface area (Å²) in [4.78, 5) is 20.6. The summed E-state index contributed by atoms with van der Waals surface area (Å²) < 4.78 is 17.5. The largest absolute Gasteiger partial charge is 0.469 e. The van der Waals surface area contributed by atoms with Gasteiger partial charge in [-0.25, -0.2) is 0 Å². The van der Waals surface area contributed by atoms with Crippen LogP contribution in [0.3, 0.4) is 0 Å². The predicted octanol–water partition coefficient (Wildman–Crippen LogP) is 2.11. The molecule has 0 radical (unpaired) electrons. The maximum atomic E-state index is 13.1. The lowest BCUT2D eigenvalue weighted by Crippen LogP contribution is -2.03. The molecule has 19 heavy (non-hydrogen) atoms. The Kier molecular flexibility index (Phi) is 5.37. The molecule has 1 aromatic carbocycles. The van der Waals surface area contributed by atoms with Crippen LogP contribution >= 0.6 is 0 Å². The second-order valence-corrected chi connectivity index (χ2v) is 3.95. The van der Waals surface area contributed by atoms with Gasteiger partial charge in [0.1, 0.15) is 0 Å². The zero-order chi connectivity index (χ0) is 14.4. The molecule has 0 bridgehead atoms. The summed E-state index contributed by atoms with van der Waals surface area (Å²) in [6, 6.07) is 3.22. The molecule has 0 amide bonds. The lowest BCUT2D eigenvalue weighted by Gasteiger charge is -2.10. The van der Waals surface area contributed by atoms with E-state index in [1.807, 2.05) is 0 Å². The zero-order valence-corrected chi connectivity index (χ0v) is 10.3. The van der Waals surface area contributed by atoms with Crippen molar-refractivity contribution in [3.8, 4) is 0 Å². The normalized spacial score (nSPS) is 11.9. The molecule has 0 saturated carbocycles. The van der Waals surface area contributed by atoms with E-state index >= 15 is 0 Å². The van der Waals surface area contributed by atoms with Crippen LogP contribution in [0.4, 0.5) is 10.1 Å². The number of carbonyl (C=O) groups excluding carboxylic acids is 1. The fraction of sp³-hybridized carbons (Fsp3) is 0.417. The lowest BCUT2D eigenvalue weighted by molar-refractivity contribution is -0.387. The molecule has 0 spiro atoms. The van der Waals surface area contributed by atoms with Crippen molar-refractivity contribution in [2.45, 2.75) is 25.4 Å². The van der Waals surface area contributed by atoms with E-state index in [-0.39, 0.29) is 18.4 Å². The standard InChI is InChI=1S/C12H14FNO5/c1-19-12(16)4-2-3-11(15)8-5-6-9(13)10(7-8)14(17)18/h5-7,11,15H,2-4H2,1H3. The van der Waals surface area contributed by atoms with Crippen molar-refractivity contribution >= 4 is 11.7 Å². The summed E-state index contributed by atoms with van der Waals surface area (Å²) in [5, 5.41) is 20.4. The lowest BCUT2D eigenvalue weighted by atomic mass is 10.0. The Balaban J connectivity index is 2.67. The van der Waals surface area contributed by atoms with E-state index < -0.39 is 28.5 Å². The summed E-state index contributed by atoms with van der Waals surface area (Å²) in [5.74, 6) is -1.34. The fourth-order valence-corrected chi connectivity index (χ4v) is 1.59. The molecular formula is C12H14FNO5. The van der Waals surface area contributed by atoms with Crippen LogP contribution in [0.2, 0.25) is 0 Å². The van der Waals surface area contributed by atoms with Gasteiger partial charge in [-0.2, -0.15) is 4.39 Å². The Morgan fingerprint density at radius 2 is 2.26 bits per heavy atom. The van der Waals surface area contributed by atoms with Gasteiger partial charge in [-0.05, 0) is 24.5 Å². The van der Waals surface area contributed by atoms with E-state index in [1.165, 1.54) is 13.2 Å². The maximum absolute atomic E-state index is 13.1. The molecule has 0 aromatic heterocycles. The van der Waals surface area contributed by atoms with Gasteiger partial charge in [0.15, 0.2) is 0 Å². The first-order chi connectivity index (χ1) is 8.95. The molecule has 0 heterocycles. The van der Waals surface area contributed by atoms with Gasteiger partial charge in [0, 0.05) is 12.5 Å². The van der Waals surface area contributed by atoms with Crippen LogP contribution < -0.4 is 0 Å². The number of hydrogen-bond donors (Lipinski definition) is 1. The molecule has 7 heteroatoms. The van der Waals surface area contributed by atoms with E-state index in [0.717, 1.165) is 12.1 Å². The SMILES string of the molecule is COC(=O)CCCC(O)c1ccc(F)c([N+](=O)[O-])c1. The Labute approximate surface area is 109 Å². The van der Waals surface area contributed by atoms with Gasteiger partial charge < -0.3 is 9.84 Å². The summed E-state index contributed by atoms with van der Waals surface area (Å²) >= 11 is 0. The molecule has 6 nitrogen and oxygen atoms in total. The minimum Gasteiger partial charge on any atom is -0.469 e. The van der Waals surface area contributed by atoms with Crippen LogP contribution in [0.1, 0.15) is 30.9 Å². The summed E-state index contributed by atoms with van der Waals surface area (Å²) in [7, 11) is 1.27. The number of ether oxygens (including phenoxy) is 1. The monoisotopic (exact) mass is 271 g/mol. The Bertz CT molecular complexity index is 477. The van der Waals surface area contributed by atoms with Gasteiger partial charge in [0.2, 0.25) is 5.82 Å². The highest BCUT2D eigenvalue weighted by Gasteiger charge is 2.17. The number of nitrogens with zero attached hydrogens (tertiary/aromatic N) is 1. The van der Waals surface area contributed by atoms with E-state index in [1.54, 1.807) is 0 Å². The first kappa shape index (κ1) is 15.0. The van der Waals surface area contributed by atoms with Crippen LogP contribution in [0.5, 0.6) is 0 Å². The number of nitro groups is 1. The van der Waals surface area contributed by atoms with E-state index in [0.29, 0.717) is 6.42 Å². The molecule has 1 N–H and O–H groups in total. The van der Waals surface area contributed by atoms with E-state index in [2.05, 4.69) is 4.74 Å². The molecule has 1 atom stereocenters. The second kappa shape index (κ2) is 6.79. The molecule has 0 aliphatic heterocycles. The van der Waals surface area contributed by atoms with E-state index in [9.17, 15) is 24.4 Å². The quantitative estimate of drug-likeness (QED) is 0.486. The number of nitro benzene ring substituents is 1. The summed E-state index contributed by atoms with van der Waals surface area (Å²) in [5.41, 5.74) is -0.428. The fourth-order valence-electron chi connectivity index (χ4n) is 1.59. The number of halogens is 1. The van der Waals surface area contributed by atoms with Gasteiger partial charge >= 0.3 is 11.7 Å². The first-order valence-corrected chi connectivity index (χ1v) is 5.64. The van der Waals surface area contributed by atoms with Crippen molar-refractivity contribution in [3.63, 3.8) is 0 Å². The average molecular weight is 271 g/mol. The highest BCUT2D eigenvalue weighted by Crippen LogP contribution is 2.25. The van der Waals surface area contributed by atoms with Crippen LogP contribution in [-0.4, -0.2) is 23.1 Å². The highest BCUT2D eigenvalue weighted by atomic mass is 19.1. The Morgan fingerprint density at radius 1 is 1.58 bits per heavy atom. The van der Waals surface area contributed by atoms with Crippen molar-refractivity contribution in [1.82, 2.24) is 0 Å². The third-order valence-electron chi connectivity index (χ3n) is 2.64. The molecule has 1 unspecified atom stereocenters. The molecule has 0 aliphatic carbocycles. The number of aliphatic hydroxyl groups excluding tert-OH is 1. The molecular weight excluding hydrogens is 257 g/mol. The predicted molar refractivity (Wildman–Crippen MR) is 63.9 cm³/mol. The van der Waals surface area contributed by atoms with E-state index in [4.69, 9.17) is 0 Å². The van der Waals surface area contributed by atoms with Crippen LogP contribution in [0, 0.1) is 15.9 Å². The van der Waals surface area contributed by atoms with Gasteiger partial charge in [-0.15, -0.1) is 0 Å². The van der Waals surface area contributed by atoms with Gasteiger partial charge in [0.05, 0.1) is 18.1 Å². The number of aliphatic hydroxyl groups is 1. The minimum absolute atomic E-state index is 0.150. The van der Waals surface area contributed by atoms with Crippen molar-refractivity contribution in [1.29, 1.82) is 0 Å². The number of methoxy groups -OCH3 is 1. The Hall–Kier alpha value is -2.02. The van der Waals surface area contributed by atoms with Gasteiger partial charge in [-0.3, -0.25) is 14.9 Å². The van der Waals surface area contributed by atoms with Crippen molar-refractivity contribution in [2.24, 2.45) is 0 Å². The summed E-state index contributed by atoms with van der Waals surface area (Å²) in [6.07, 6.45) is -0.225. The third-order valence-corrected chi connectivity index (χ3v) is 2.64. The maximum Gasteiger partial charge on any atom is 0.305 e. The van der Waals surface area contributed by atoms with Crippen molar-refractivity contribution < 1.29 is 24.0 Å². The average Bonchev–Trinajstić information content (AvgIpc) is 2.38. The number of benzene rings is 1. The van der Waals surface area contributed by atoms with Gasteiger partial charge in [0.25, 0.3) is 0 Å². The topological polar surface area (TPSA) is 89.7 Å². The Morgan fingerprint density at radius 3 is 2.84 bits per heavy atom. The van der Waals surface area contributed by atoms with Crippen LogP contribution in [0.15, 0.2) is 18.2 Å². The molecule has 104 valence electrons. The smallest absolute Gasteiger partial charge is 0.305 e. The molecule has 0 fully saturated rings. The number of esters is 1. The van der Waals surface area contributed by atoms with Crippen molar-refractivity contribution in [2.75, 3.05) is 7.11 Å². The van der Waals surface area contributed by atoms with Crippen LogP contribution in [0.25, 0.3) is 0 Å². The molecule has 0 saturated heterocycles. The zero-order valence-electron chi connectivity index (χ0n) is 10.3. The minimum atomic E-state index is -0.982. The van der Waals surface area contributed by atoms with Crippen LogP contribution in [-0.2, 0) is 9.53 Å². The van der Waals surface area contributed by atoms with Crippen molar-refractivity contribution in [3.05, 3.63) is 39.7 Å². The highest BCUT2D eigenvalue weighted by molar-refractivity contribution is 5.68. The number of carbonyl (C=O) groups is 1. The molecule has 1 rings (SSSR count). The number of rotatable bonds is 6.